The molecule has 1 fully saturated rings. The Labute approximate surface area is 170 Å². The van der Waals surface area contributed by atoms with E-state index < -0.39 is 0 Å². The molecule has 3 rings (SSSR count). The topological polar surface area (TPSA) is 75.7 Å². The van der Waals surface area contributed by atoms with E-state index >= 15 is 0 Å². The highest BCUT2D eigenvalue weighted by atomic mass is 16.5. The minimum absolute atomic E-state index is 0.0124. The summed E-state index contributed by atoms with van der Waals surface area (Å²) in [4.78, 5) is 38.7. The number of carbonyl (C=O) groups is 3. The van der Waals surface area contributed by atoms with Gasteiger partial charge in [-0.1, -0.05) is 17.7 Å². The maximum absolute atomic E-state index is 12.6. The van der Waals surface area contributed by atoms with Crippen molar-refractivity contribution in [1.82, 2.24) is 4.90 Å². The number of nitrogens with one attached hydrogen (secondary N) is 1. The predicted molar refractivity (Wildman–Crippen MR) is 111 cm³/mol. The van der Waals surface area contributed by atoms with Gasteiger partial charge in [-0.25, -0.2) is 4.79 Å². The number of benzene rings is 2. The van der Waals surface area contributed by atoms with Crippen LogP contribution >= 0.6 is 0 Å². The Bertz CT molecular complexity index is 867. The number of carbonyl (C=O) groups excluding carboxylic acids is 3. The number of aryl methyl sites for hydroxylation is 1. The molecule has 2 aromatic rings. The standard InChI is InChI=1S/C23H26N2O4/c1-3-29-23(28)19-8-10-20(11-9-19)24-21(26)17-12-14-25(15-13-17)22(27)18-6-4-16(2)5-7-18/h4-11,17H,3,12-15H2,1-2H3,(H,24,26). The van der Waals surface area contributed by atoms with E-state index in [9.17, 15) is 14.4 Å². The Morgan fingerprint density at radius 1 is 0.966 bits per heavy atom. The fourth-order valence-corrected chi connectivity index (χ4v) is 3.37. The van der Waals surface area contributed by atoms with E-state index in [1.54, 1.807) is 31.2 Å². The molecular formula is C23H26N2O4. The molecule has 6 nitrogen and oxygen atoms in total. The monoisotopic (exact) mass is 394 g/mol. The summed E-state index contributed by atoms with van der Waals surface area (Å²) in [6.45, 7) is 5.19. The lowest BCUT2D eigenvalue weighted by atomic mass is 9.95. The van der Waals surface area contributed by atoms with Crippen molar-refractivity contribution >= 4 is 23.5 Å². The highest BCUT2D eigenvalue weighted by Gasteiger charge is 2.27. The number of nitrogens with zero attached hydrogens (tertiary/aromatic N) is 1. The second-order valence-electron chi connectivity index (χ2n) is 7.22. The molecule has 1 aliphatic rings. The molecule has 1 N–H and O–H groups in total. The SMILES string of the molecule is CCOC(=O)c1ccc(NC(=O)C2CCN(C(=O)c3ccc(C)cc3)CC2)cc1. The van der Waals surface area contributed by atoms with Gasteiger partial charge in [-0.05, 0) is 63.1 Å². The molecule has 0 unspecified atom stereocenters. The smallest absolute Gasteiger partial charge is 0.338 e. The summed E-state index contributed by atoms with van der Waals surface area (Å²) in [6.07, 6.45) is 1.26. The fourth-order valence-electron chi connectivity index (χ4n) is 3.37. The predicted octanol–water partition coefficient (Wildman–Crippen LogP) is 3.66. The van der Waals surface area contributed by atoms with Gasteiger partial charge in [0.05, 0.1) is 12.2 Å². The van der Waals surface area contributed by atoms with Crippen LogP contribution in [-0.2, 0) is 9.53 Å². The van der Waals surface area contributed by atoms with Crippen molar-refractivity contribution in [2.24, 2.45) is 5.92 Å². The highest BCUT2D eigenvalue weighted by molar-refractivity contribution is 5.96. The van der Waals surface area contributed by atoms with Gasteiger partial charge in [0.1, 0.15) is 0 Å². The number of rotatable bonds is 5. The van der Waals surface area contributed by atoms with Crippen LogP contribution < -0.4 is 5.32 Å². The van der Waals surface area contributed by atoms with E-state index in [0.717, 1.165) is 5.56 Å². The maximum atomic E-state index is 12.6. The second-order valence-corrected chi connectivity index (χ2v) is 7.22. The maximum Gasteiger partial charge on any atom is 0.338 e. The van der Waals surface area contributed by atoms with Gasteiger partial charge in [-0.3, -0.25) is 9.59 Å². The molecule has 0 atom stereocenters. The molecule has 0 aromatic heterocycles. The molecule has 1 aliphatic heterocycles. The van der Waals surface area contributed by atoms with Crippen molar-refractivity contribution in [2.45, 2.75) is 26.7 Å². The Balaban J connectivity index is 1.51. The Hall–Kier alpha value is -3.15. The summed E-state index contributed by atoms with van der Waals surface area (Å²) in [6, 6.07) is 14.2. The van der Waals surface area contributed by atoms with E-state index in [4.69, 9.17) is 4.74 Å². The summed E-state index contributed by atoms with van der Waals surface area (Å²) in [5, 5.41) is 2.90. The van der Waals surface area contributed by atoms with Crippen molar-refractivity contribution in [1.29, 1.82) is 0 Å². The molecule has 6 heteroatoms. The van der Waals surface area contributed by atoms with Crippen molar-refractivity contribution in [3.05, 3.63) is 65.2 Å². The van der Waals surface area contributed by atoms with Crippen LogP contribution in [0.25, 0.3) is 0 Å². The van der Waals surface area contributed by atoms with Gasteiger partial charge in [0, 0.05) is 30.3 Å². The van der Waals surface area contributed by atoms with E-state index in [1.165, 1.54) is 0 Å². The van der Waals surface area contributed by atoms with Crippen LogP contribution in [0.2, 0.25) is 0 Å². The lowest BCUT2D eigenvalue weighted by molar-refractivity contribution is -0.121. The summed E-state index contributed by atoms with van der Waals surface area (Å²) in [5.41, 5.74) is 2.89. The number of anilines is 1. The summed E-state index contributed by atoms with van der Waals surface area (Å²) >= 11 is 0. The van der Waals surface area contributed by atoms with Crippen molar-refractivity contribution in [3.8, 4) is 0 Å². The second kappa shape index (κ2) is 9.37. The quantitative estimate of drug-likeness (QED) is 0.785. The summed E-state index contributed by atoms with van der Waals surface area (Å²) < 4.78 is 4.95. The number of hydrogen-bond donors (Lipinski definition) is 1. The fraction of sp³-hybridized carbons (Fsp3) is 0.348. The lowest BCUT2D eigenvalue weighted by Gasteiger charge is -2.31. The van der Waals surface area contributed by atoms with Crippen LogP contribution in [0.15, 0.2) is 48.5 Å². The van der Waals surface area contributed by atoms with Crippen LogP contribution in [0.5, 0.6) is 0 Å². The number of likely N-dealkylation sites (tertiary alicyclic amines) is 1. The van der Waals surface area contributed by atoms with Gasteiger partial charge >= 0.3 is 5.97 Å². The van der Waals surface area contributed by atoms with Gasteiger partial charge < -0.3 is 15.0 Å². The molecule has 2 aromatic carbocycles. The van der Waals surface area contributed by atoms with Gasteiger partial charge in [0.2, 0.25) is 5.91 Å². The van der Waals surface area contributed by atoms with Crippen molar-refractivity contribution in [2.75, 3.05) is 25.0 Å². The molecular weight excluding hydrogens is 368 g/mol. The first-order chi connectivity index (χ1) is 14.0. The molecule has 0 radical (unpaired) electrons. The highest BCUT2D eigenvalue weighted by Crippen LogP contribution is 2.21. The molecule has 1 saturated heterocycles. The zero-order chi connectivity index (χ0) is 20.8. The molecule has 0 spiro atoms. The van der Waals surface area contributed by atoms with Gasteiger partial charge in [-0.15, -0.1) is 0 Å². The Kier molecular flexibility index (Phi) is 6.65. The zero-order valence-corrected chi connectivity index (χ0v) is 16.8. The van der Waals surface area contributed by atoms with Crippen LogP contribution in [0.4, 0.5) is 5.69 Å². The largest absolute Gasteiger partial charge is 0.462 e. The number of hydrogen-bond acceptors (Lipinski definition) is 4. The van der Waals surface area contributed by atoms with Gasteiger partial charge in [0.25, 0.3) is 5.91 Å². The average molecular weight is 394 g/mol. The van der Waals surface area contributed by atoms with Crippen LogP contribution in [0.1, 0.15) is 46.0 Å². The third-order valence-corrected chi connectivity index (χ3v) is 5.12. The number of amides is 2. The normalized spacial score (nSPS) is 14.3. The van der Waals surface area contributed by atoms with Crippen LogP contribution in [0, 0.1) is 12.8 Å². The summed E-state index contributed by atoms with van der Waals surface area (Å²) in [7, 11) is 0. The minimum Gasteiger partial charge on any atom is -0.462 e. The Morgan fingerprint density at radius 3 is 2.14 bits per heavy atom. The average Bonchev–Trinajstić information content (AvgIpc) is 2.74. The van der Waals surface area contributed by atoms with E-state index in [0.29, 0.717) is 49.4 Å². The van der Waals surface area contributed by atoms with E-state index in [-0.39, 0.29) is 23.7 Å². The Morgan fingerprint density at radius 2 is 1.55 bits per heavy atom. The number of ether oxygens (including phenoxy) is 1. The molecule has 0 saturated carbocycles. The third kappa shape index (κ3) is 5.22. The first kappa shape index (κ1) is 20.6. The number of piperidine rings is 1. The number of esters is 1. The molecule has 0 aliphatic carbocycles. The first-order valence-electron chi connectivity index (χ1n) is 9.92. The first-order valence-corrected chi connectivity index (χ1v) is 9.92. The minimum atomic E-state index is -0.379. The summed E-state index contributed by atoms with van der Waals surface area (Å²) in [5.74, 6) is -0.562. The van der Waals surface area contributed by atoms with Crippen molar-refractivity contribution in [3.63, 3.8) is 0 Å². The van der Waals surface area contributed by atoms with Crippen LogP contribution in [-0.4, -0.2) is 42.4 Å². The van der Waals surface area contributed by atoms with Crippen LogP contribution in [0.3, 0.4) is 0 Å². The zero-order valence-electron chi connectivity index (χ0n) is 16.8. The van der Waals surface area contributed by atoms with Gasteiger partial charge in [-0.2, -0.15) is 0 Å². The molecule has 152 valence electrons. The van der Waals surface area contributed by atoms with E-state index in [1.807, 2.05) is 36.1 Å². The molecule has 0 bridgehead atoms. The lowest BCUT2D eigenvalue weighted by Crippen LogP contribution is -2.41. The van der Waals surface area contributed by atoms with Crippen molar-refractivity contribution < 1.29 is 19.1 Å². The van der Waals surface area contributed by atoms with E-state index in [2.05, 4.69) is 5.32 Å². The molecule has 1 heterocycles. The molecule has 2 amide bonds. The molecule has 29 heavy (non-hydrogen) atoms. The van der Waals surface area contributed by atoms with Gasteiger partial charge in [0.15, 0.2) is 0 Å². The third-order valence-electron chi connectivity index (χ3n) is 5.12.